The van der Waals surface area contributed by atoms with Crippen LogP contribution in [0.2, 0.25) is 0 Å². The van der Waals surface area contributed by atoms with Crippen LogP contribution in [0.5, 0.6) is 0 Å². The molecule has 0 aromatic heterocycles. The van der Waals surface area contributed by atoms with Gasteiger partial charge in [0.05, 0.1) is 6.10 Å². The smallest absolute Gasteiger partial charge is 0.391 e. The Bertz CT molecular complexity index is 225. The number of hydrogen-bond donors (Lipinski definition) is 1. The maximum Gasteiger partial charge on any atom is 0.402 e. The fraction of sp³-hybridized carbons (Fsp3) is 1.00. The van der Waals surface area contributed by atoms with E-state index in [-0.39, 0.29) is 12.6 Å². The summed E-state index contributed by atoms with van der Waals surface area (Å²) in [6.07, 6.45) is -1.32. The molecule has 0 aromatic rings. The van der Waals surface area contributed by atoms with Crippen LogP contribution in [0.3, 0.4) is 0 Å². The number of hydrogen-bond acceptors (Lipinski definition) is 2. The minimum atomic E-state index is -4.23. The van der Waals surface area contributed by atoms with Crippen LogP contribution in [-0.2, 0) is 0 Å². The van der Waals surface area contributed by atoms with Crippen molar-refractivity contribution in [2.45, 2.75) is 48.8 Å². The maximum absolute atomic E-state index is 12.3. The van der Waals surface area contributed by atoms with Crippen molar-refractivity contribution in [1.82, 2.24) is 4.90 Å². The van der Waals surface area contributed by atoms with E-state index in [1.165, 1.54) is 0 Å². The van der Waals surface area contributed by atoms with E-state index < -0.39 is 17.1 Å². The van der Waals surface area contributed by atoms with Gasteiger partial charge in [0.15, 0.2) is 0 Å². The summed E-state index contributed by atoms with van der Waals surface area (Å²) in [5.74, 6) is 0. The second-order valence-corrected chi connectivity index (χ2v) is 5.47. The Hall–Kier alpha value is 0.190. The summed E-state index contributed by atoms with van der Waals surface area (Å²) in [6, 6.07) is -0.142. The fourth-order valence-corrected chi connectivity index (χ4v) is 2.55. The highest BCUT2D eigenvalue weighted by Crippen LogP contribution is 2.29. The molecular weight excluding hydrogens is 287 g/mol. The number of rotatable bonds is 3. The summed E-state index contributed by atoms with van der Waals surface area (Å²) in [5, 5.41) is 9.72. The maximum atomic E-state index is 12.3. The van der Waals surface area contributed by atoms with Crippen molar-refractivity contribution in [1.29, 1.82) is 0 Å². The molecule has 3 atom stereocenters. The van der Waals surface area contributed by atoms with Crippen LogP contribution in [0.1, 0.15) is 25.7 Å². The molecular formula is C10H17BrF3NO. The monoisotopic (exact) mass is 303 g/mol. The Morgan fingerprint density at radius 3 is 2.44 bits per heavy atom. The van der Waals surface area contributed by atoms with E-state index in [1.54, 1.807) is 11.9 Å². The van der Waals surface area contributed by atoms with Gasteiger partial charge in [-0.25, -0.2) is 0 Å². The van der Waals surface area contributed by atoms with E-state index in [4.69, 9.17) is 0 Å². The third-order valence-corrected chi connectivity index (χ3v) is 3.87. The van der Waals surface area contributed by atoms with Crippen LogP contribution in [0.4, 0.5) is 13.2 Å². The van der Waals surface area contributed by atoms with Gasteiger partial charge in [-0.1, -0.05) is 28.8 Å². The highest BCUT2D eigenvalue weighted by molar-refractivity contribution is 9.09. The first-order valence-corrected chi connectivity index (χ1v) is 6.33. The van der Waals surface area contributed by atoms with Crippen molar-refractivity contribution >= 4 is 15.9 Å². The quantitative estimate of drug-likeness (QED) is 0.810. The lowest BCUT2D eigenvalue weighted by Gasteiger charge is -2.36. The molecule has 0 heterocycles. The summed E-state index contributed by atoms with van der Waals surface area (Å²) in [5.41, 5.74) is 0. The number of nitrogens with zero attached hydrogens (tertiary/aromatic N) is 1. The molecule has 1 N–H and O–H groups in total. The molecule has 0 amide bonds. The highest BCUT2D eigenvalue weighted by Gasteiger charge is 2.39. The lowest BCUT2D eigenvalue weighted by molar-refractivity contribution is -0.132. The van der Waals surface area contributed by atoms with Crippen molar-refractivity contribution in [2.75, 3.05) is 13.6 Å². The van der Waals surface area contributed by atoms with Gasteiger partial charge in [-0.2, -0.15) is 13.2 Å². The lowest BCUT2D eigenvalue weighted by atomic mass is 9.91. The fourth-order valence-electron chi connectivity index (χ4n) is 2.10. The zero-order valence-corrected chi connectivity index (χ0v) is 10.8. The van der Waals surface area contributed by atoms with Crippen LogP contribution in [-0.4, -0.2) is 46.7 Å². The van der Waals surface area contributed by atoms with Crippen molar-refractivity contribution in [3.63, 3.8) is 0 Å². The molecule has 1 rings (SSSR count). The summed E-state index contributed by atoms with van der Waals surface area (Å²) < 4.78 is 37.0. The second kappa shape index (κ2) is 5.69. The molecule has 1 aliphatic rings. The molecule has 1 fully saturated rings. The Kier molecular flexibility index (Phi) is 5.07. The molecule has 96 valence electrons. The average molecular weight is 304 g/mol. The van der Waals surface area contributed by atoms with Gasteiger partial charge < -0.3 is 5.11 Å². The Morgan fingerprint density at radius 1 is 1.38 bits per heavy atom. The molecule has 0 aliphatic heterocycles. The average Bonchev–Trinajstić information content (AvgIpc) is 2.16. The Morgan fingerprint density at radius 2 is 1.94 bits per heavy atom. The topological polar surface area (TPSA) is 23.5 Å². The minimum absolute atomic E-state index is 0.120. The third-order valence-electron chi connectivity index (χ3n) is 3.06. The van der Waals surface area contributed by atoms with Gasteiger partial charge in [-0.3, -0.25) is 4.90 Å². The summed E-state index contributed by atoms with van der Waals surface area (Å²) in [7, 11) is 1.64. The predicted molar refractivity (Wildman–Crippen MR) is 59.7 cm³/mol. The summed E-state index contributed by atoms with van der Waals surface area (Å²) >= 11 is 2.64. The van der Waals surface area contributed by atoms with E-state index in [1.807, 2.05) is 0 Å². The Labute approximate surface area is 102 Å². The molecule has 0 spiro atoms. The minimum Gasteiger partial charge on any atom is -0.391 e. The normalized spacial score (nSPS) is 29.4. The molecule has 0 aromatic carbocycles. The third kappa shape index (κ3) is 3.89. The molecule has 0 saturated heterocycles. The van der Waals surface area contributed by atoms with Gasteiger partial charge >= 0.3 is 6.18 Å². The van der Waals surface area contributed by atoms with Gasteiger partial charge in [0, 0.05) is 12.6 Å². The number of aliphatic hydroxyl groups is 1. The van der Waals surface area contributed by atoms with Crippen molar-refractivity contribution in [3.8, 4) is 0 Å². The molecule has 1 saturated carbocycles. The molecule has 0 bridgehead atoms. The molecule has 6 heteroatoms. The van der Waals surface area contributed by atoms with Crippen molar-refractivity contribution in [3.05, 3.63) is 0 Å². The highest BCUT2D eigenvalue weighted by atomic mass is 79.9. The number of alkyl halides is 4. The van der Waals surface area contributed by atoms with Gasteiger partial charge in [0.25, 0.3) is 0 Å². The second-order valence-electron chi connectivity index (χ2n) is 4.37. The van der Waals surface area contributed by atoms with E-state index in [2.05, 4.69) is 15.9 Å². The summed E-state index contributed by atoms with van der Waals surface area (Å²) in [6.45, 7) is -0.120. The number of likely N-dealkylation sites (N-methyl/N-ethyl adjacent to an activating group) is 1. The van der Waals surface area contributed by atoms with Crippen LogP contribution < -0.4 is 0 Å². The standard InChI is InChI=1S/C10H17BrF3NO/c1-15(6-9(11)10(12,13)14)7-4-2-3-5-8(7)16/h7-9,16H,2-6H2,1H3. The van der Waals surface area contributed by atoms with Gasteiger partial charge in [0.1, 0.15) is 4.83 Å². The SMILES string of the molecule is CN(CC(Br)C(F)(F)F)C1CCCCC1O. The lowest BCUT2D eigenvalue weighted by Crippen LogP contribution is -2.47. The number of halogens is 4. The zero-order valence-electron chi connectivity index (χ0n) is 9.17. The molecule has 2 nitrogen and oxygen atoms in total. The van der Waals surface area contributed by atoms with Crippen LogP contribution in [0, 0.1) is 0 Å². The number of aliphatic hydroxyl groups excluding tert-OH is 1. The first kappa shape index (κ1) is 14.3. The van der Waals surface area contributed by atoms with Crippen molar-refractivity contribution < 1.29 is 18.3 Å². The summed E-state index contributed by atoms with van der Waals surface area (Å²) in [4.78, 5) is 0.0793. The van der Waals surface area contributed by atoms with Crippen LogP contribution in [0.15, 0.2) is 0 Å². The Balaban J connectivity index is 2.47. The van der Waals surface area contributed by atoms with E-state index in [9.17, 15) is 18.3 Å². The first-order valence-electron chi connectivity index (χ1n) is 5.41. The van der Waals surface area contributed by atoms with E-state index in [0.29, 0.717) is 6.42 Å². The molecule has 0 radical (unpaired) electrons. The van der Waals surface area contributed by atoms with Gasteiger partial charge in [0.2, 0.25) is 0 Å². The zero-order chi connectivity index (χ0) is 12.3. The van der Waals surface area contributed by atoms with Crippen LogP contribution in [0.25, 0.3) is 0 Å². The van der Waals surface area contributed by atoms with E-state index >= 15 is 0 Å². The molecule has 1 aliphatic carbocycles. The predicted octanol–water partition coefficient (Wildman–Crippen LogP) is 2.55. The van der Waals surface area contributed by atoms with Crippen LogP contribution >= 0.6 is 15.9 Å². The van der Waals surface area contributed by atoms with Gasteiger partial charge in [-0.05, 0) is 19.9 Å². The van der Waals surface area contributed by atoms with E-state index in [0.717, 1.165) is 19.3 Å². The molecule has 16 heavy (non-hydrogen) atoms. The van der Waals surface area contributed by atoms with Gasteiger partial charge in [-0.15, -0.1) is 0 Å². The largest absolute Gasteiger partial charge is 0.402 e. The first-order chi connectivity index (χ1) is 7.32. The molecule has 3 unspecified atom stereocenters. The van der Waals surface area contributed by atoms with Crippen molar-refractivity contribution in [2.24, 2.45) is 0 Å².